The van der Waals surface area contributed by atoms with Gasteiger partial charge in [0.1, 0.15) is 17.2 Å². The molecule has 0 radical (unpaired) electrons. The van der Waals surface area contributed by atoms with Crippen LogP contribution in [0.2, 0.25) is 0 Å². The van der Waals surface area contributed by atoms with Gasteiger partial charge in [0, 0.05) is 17.5 Å². The number of hydrazone groups is 1. The number of rotatable bonds is 5. The molecule has 2 aliphatic rings. The molecule has 0 fully saturated rings. The number of fused-ring (bicyclic) bond motifs is 3. The van der Waals surface area contributed by atoms with Gasteiger partial charge < -0.3 is 14.2 Å². The highest BCUT2D eigenvalue weighted by Crippen LogP contribution is 2.48. The maximum Gasteiger partial charge on any atom is 0.213 e. The predicted molar refractivity (Wildman–Crippen MR) is 126 cm³/mol. The minimum atomic E-state index is -0.280. The molecule has 164 valence electrons. The van der Waals surface area contributed by atoms with Crippen molar-refractivity contribution in [3.63, 3.8) is 0 Å². The molecule has 0 unspecified atom stereocenters. The zero-order valence-electron chi connectivity index (χ0n) is 18.9. The Kier molecular flexibility index (Phi) is 5.25. The number of nitrogens with zero attached hydrogens (tertiary/aromatic N) is 2. The maximum absolute atomic E-state index is 6.50. The van der Waals surface area contributed by atoms with Crippen molar-refractivity contribution in [3.8, 4) is 17.2 Å². The van der Waals surface area contributed by atoms with Gasteiger partial charge in [0.25, 0.3) is 0 Å². The zero-order chi connectivity index (χ0) is 22.2. The van der Waals surface area contributed by atoms with Crippen molar-refractivity contribution in [3.05, 3.63) is 89.0 Å². The Balaban J connectivity index is 1.55. The summed E-state index contributed by atoms with van der Waals surface area (Å²) in [5.74, 6) is 3.04. The summed E-state index contributed by atoms with van der Waals surface area (Å²) < 4.78 is 17.3. The Morgan fingerprint density at radius 1 is 0.906 bits per heavy atom. The number of hydrogen-bond donors (Lipinski definition) is 0. The molecule has 5 rings (SSSR count). The first-order chi connectivity index (χ1) is 15.6. The van der Waals surface area contributed by atoms with Crippen molar-refractivity contribution >= 4 is 5.71 Å². The van der Waals surface area contributed by atoms with Crippen LogP contribution in [0.1, 0.15) is 60.7 Å². The molecule has 3 aromatic carbocycles. The lowest BCUT2D eigenvalue weighted by molar-refractivity contribution is -0.0191. The third-order valence-corrected chi connectivity index (χ3v) is 6.31. The Morgan fingerprint density at radius 2 is 1.59 bits per heavy atom. The minimum Gasteiger partial charge on any atom is -0.497 e. The van der Waals surface area contributed by atoms with Crippen LogP contribution in [0.3, 0.4) is 0 Å². The second kappa shape index (κ2) is 8.23. The van der Waals surface area contributed by atoms with E-state index in [-0.39, 0.29) is 12.3 Å². The van der Waals surface area contributed by atoms with Crippen LogP contribution in [0.15, 0.2) is 71.8 Å². The second-order valence-electron chi connectivity index (χ2n) is 8.57. The summed E-state index contributed by atoms with van der Waals surface area (Å²) in [5, 5.41) is 7.15. The molecule has 0 saturated heterocycles. The van der Waals surface area contributed by atoms with Gasteiger partial charge in [0.15, 0.2) is 0 Å². The van der Waals surface area contributed by atoms with Crippen LogP contribution < -0.4 is 14.2 Å². The monoisotopic (exact) mass is 428 g/mol. The summed E-state index contributed by atoms with van der Waals surface area (Å²) in [6, 6.07) is 22.9. The van der Waals surface area contributed by atoms with Gasteiger partial charge in [0.2, 0.25) is 6.23 Å². The fourth-order valence-corrected chi connectivity index (χ4v) is 4.42. The lowest BCUT2D eigenvalue weighted by Crippen LogP contribution is -2.33. The first-order valence-electron chi connectivity index (χ1n) is 11.0. The summed E-state index contributed by atoms with van der Waals surface area (Å²) in [5.41, 5.74) is 5.65. The molecule has 5 nitrogen and oxygen atoms in total. The number of hydrogen-bond acceptors (Lipinski definition) is 5. The molecule has 0 spiro atoms. The van der Waals surface area contributed by atoms with Crippen LogP contribution in [-0.4, -0.2) is 24.9 Å². The van der Waals surface area contributed by atoms with Gasteiger partial charge in [-0.15, -0.1) is 0 Å². The van der Waals surface area contributed by atoms with Gasteiger partial charge in [-0.3, -0.25) is 0 Å². The van der Waals surface area contributed by atoms with Crippen LogP contribution in [-0.2, 0) is 0 Å². The summed E-state index contributed by atoms with van der Waals surface area (Å²) in [7, 11) is 3.37. The fraction of sp³-hybridized carbons (Fsp3) is 0.296. The SMILES string of the molecule is COc1ccc(C2=NN3[C@@H](C2)c2cc(OC)ccc2O[C@H]3c2ccc(C(C)C)cc2)cc1. The van der Waals surface area contributed by atoms with Gasteiger partial charge in [-0.05, 0) is 59.5 Å². The molecule has 2 atom stereocenters. The summed E-state index contributed by atoms with van der Waals surface area (Å²) >= 11 is 0. The van der Waals surface area contributed by atoms with E-state index in [1.54, 1.807) is 14.2 Å². The van der Waals surface area contributed by atoms with E-state index in [0.717, 1.165) is 46.1 Å². The average Bonchev–Trinajstić information content (AvgIpc) is 3.29. The molecule has 32 heavy (non-hydrogen) atoms. The highest BCUT2D eigenvalue weighted by molar-refractivity contribution is 6.02. The Hall–Kier alpha value is -3.47. The van der Waals surface area contributed by atoms with E-state index in [4.69, 9.17) is 19.3 Å². The van der Waals surface area contributed by atoms with Gasteiger partial charge in [-0.2, -0.15) is 5.10 Å². The Labute approximate surface area is 189 Å². The van der Waals surface area contributed by atoms with Crippen molar-refractivity contribution in [2.45, 2.75) is 38.5 Å². The molecule has 2 heterocycles. The first kappa shape index (κ1) is 20.4. The Bertz CT molecular complexity index is 1140. The van der Waals surface area contributed by atoms with Crippen molar-refractivity contribution in [2.24, 2.45) is 5.10 Å². The third-order valence-electron chi connectivity index (χ3n) is 6.31. The van der Waals surface area contributed by atoms with E-state index in [1.807, 2.05) is 24.3 Å². The van der Waals surface area contributed by atoms with E-state index in [9.17, 15) is 0 Å². The third kappa shape index (κ3) is 3.58. The number of ether oxygens (including phenoxy) is 3. The van der Waals surface area contributed by atoms with Crippen molar-refractivity contribution in [2.75, 3.05) is 14.2 Å². The van der Waals surface area contributed by atoms with Crippen LogP contribution >= 0.6 is 0 Å². The molecular formula is C27H28N2O3. The van der Waals surface area contributed by atoms with Gasteiger partial charge in [-0.1, -0.05) is 38.1 Å². The smallest absolute Gasteiger partial charge is 0.213 e. The lowest BCUT2D eigenvalue weighted by Gasteiger charge is -2.38. The van der Waals surface area contributed by atoms with E-state index in [0.29, 0.717) is 5.92 Å². The van der Waals surface area contributed by atoms with E-state index in [2.05, 4.69) is 61.3 Å². The van der Waals surface area contributed by atoms with Gasteiger partial charge in [0.05, 0.1) is 26.0 Å². The molecular weight excluding hydrogens is 400 g/mol. The van der Waals surface area contributed by atoms with Crippen LogP contribution in [0.4, 0.5) is 0 Å². The first-order valence-corrected chi connectivity index (χ1v) is 11.0. The molecule has 0 aromatic heterocycles. The zero-order valence-corrected chi connectivity index (χ0v) is 18.9. The molecule has 0 saturated carbocycles. The standard InChI is InChI=1S/C27H28N2O3/c1-17(2)18-5-7-20(8-6-18)27-29-25(23-15-22(31-4)13-14-26(23)32-27)16-24(28-29)19-9-11-21(30-3)12-10-19/h5-15,17,25,27H,16H2,1-4H3/t25-,27-/m0/s1. The molecule has 3 aromatic rings. The fourth-order valence-electron chi connectivity index (χ4n) is 4.42. The highest BCUT2D eigenvalue weighted by atomic mass is 16.5. The number of benzene rings is 3. The van der Waals surface area contributed by atoms with E-state index >= 15 is 0 Å². The topological polar surface area (TPSA) is 43.3 Å². The van der Waals surface area contributed by atoms with Crippen LogP contribution in [0.25, 0.3) is 0 Å². The minimum absolute atomic E-state index is 0.0840. The van der Waals surface area contributed by atoms with Gasteiger partial charge >= 0.3 is 0 Å². The largest absolute Gasteiger partial charge is 0.497 e. The summed E-state index contributed by atoms with van der Waals surface area (Å²) in [6.45, 7) is 4.41. The molecule has 0 aliphatic carbocycles. The highest BCUT2D eigenvalue weighted by Gasteiger charge is 2.41. The molecule has 5 heteroatoms. The molecule has 2 aliphatic heterocycles. The Morgan fingerprint density at radius 3 is 2.25 bits per heavy atom. The van der Waals surface area contributed by atoms with E-state index in [1.165, 1.54) is 5.56 Å². The predicted octanol–water partition coefficient (Wildman–Crippen LogP) is 6.07. The van der Waals surface area contributed by atoms with Crippen molar-refractivity contribution in [1.29, 1.82) is 0 Å². The van der Waals surface area contributed by atoms with Crippen LogP contribution in [0, 0.1) is 0 Å². The summed E-state index contributed by atoms with van der Waals surface area (Å²) in [6.07, 6.45) is 0.522. The van der Waals surface area contributed by atoms with E-state index < -0.39 is 0 Å². The molecule has 0 bridgehead atoms. The van der Waals surface area contributed by atoms with Gasteiger partial charge in [-0.25, -0.2) is 5.01 Å². The molecule has 0 N–H and O–H groups in total. The quantitative estimate of drug-likeness (QED) is 0.495. The van der Waals surface area contributed by atoms with Crippen molar-refractivity contribution in [1.82, 2.24) is 5.01 Å². The second-order valence-corrected chi connectivity index (χ2v) is 8.57. The molecule has 0 amide bonds. The average molecular weight is 429 g/mol. The number of methoxy groups -OCH3 is 2. The van der Waals surface area contributed by atoms with Crippen molar-refractivity contribution < 1.29 is 14.2 Å². The normalized spacial score (nSPS) is 19.2. The van der Waals surface area contributed by atoms with Crippen LogP contribution in [0.5, 0.6) is 17.2 Å². The summed E-state index contributed by atoms with van der Waals surface area (Å²) in [4.78, 5) is 0. The maximum atomic E-state index is 6.50. The lowest BCUT2D eigenvalue weighted by atomic mass is 9.95.